The molecule has 27 heavy (non-hydrogen) atoms. The summed E-state index contributed by atoms with van der Waals surface area (Å²) in [5, 5.41) is 8.93. The van der Waals surface area contributed by atoms with Crippen molar-refractivity contribution < 1.29 is 23.9 Å². The first-order valence-corrected chi connectivity index (χ1v) is 9.37. The summed E-state index contributed by atoms with van der Waals surface area (Å²) in [6.45, 7) is 0. The van der Waals surface area contributed by atoms with Crippen molar-refractivity contribution in [2.45, 2.75) is 14.1 Å². The molecule has 3 rings (SSSR count). The van der Waals surface area contributed by atoms with Crippen LogP contribution in [-0.4, -0.2) is 37.0 Å². The molecule has 7 nitrogen and oxygen atoms in total. The van der Waals surface area contributed by atoms with Gasteiger partial charge in [-0.25, -0.2) is 0 Å². The molecule has 4 atom stereocenters. The van der Waals surface area contributed by atoms with Crippen molar-refractivity contribution in [3.05, 3.63) is 34.2 Å². The highest BCUT2D eigenvalue weighted by atomic mass is 35.5. The number of hydrazine groups is 1. The molecule has 0 unspecified atom stereocenters. The highest BCUT2D eigenvalue weighted by Crippen LogP contribution is 2.76. The Kier molecular flexibility index (Phi) is 5.11. The molecule has 13 heteroatoms. The fourth-order valence-corrected chi connectivity index (χ4v) is 6.23. The number of alkyl halides is 4. The Balaban J connectivity index is 1.95. The molecule has 2 bridgehead atoms. The predicted octanol–water partition coefficient (Wildman–Crippen LogP) is 3.20. The maximum atomic E-state index is 12.7. The summed E-state index contributed by atoms with van der Waals surface area (Å²) in [6, 6.07) is 2.80. The molecule has 1 saturated carbocycles. The third kappa shape index (κ3) is 2.52. The van der Waals surface area contributed by atoms with Crippen molar-refractivity contribution in [3.8, 4) is 0 Å². The summed E-state index contributed by atoms with van der Waals surface area (Å²) in [5.41, 5.74) is 4.11. The summed E-state index contributed by atoms with van der Waals surface area (Å²) in [4.78, 5) is 32.1. The van der Waals surface area contributed by atoms with Gasteiger partial charge >= 0.3 is 11.9 Å². The first-order chi connectivity index (χ1) is 12.4. The summed E-state index contributed by atoms with van der Waals surface area (Å²) in [7, 11) is 0. The molecule has 2 aliphatic rings. The van der Waals surface area contributed by atoms with Crippen LogP contribution in [0.1, 0.15) is 10.6 Å². The van der Waals surface area contributed by atoms with Gasteiger partial charge in [-0.15, -0.1) is 23.2 Å². The van der Waals surface area contributed by atoms with E-state index in [1.54, 1.807) is 0 Å². The predicted molar refractivity (Wildman–Crippen MR) is 99.3 cm³/mol. The summed E-state index contributed by atoms with van der Waals surface area (Å²) >= 11 is 37.6. The first kappa shape index (κ1) is 20.9. The molecule has 1 aromatic heterocycles. The van der Waals surface area contributed by atoms with E-state index >= 15 is 0 Å². The molecule has 2 aliphatic carbocycles. The highest BCUT2D eigenvalue weighted by molar-refractivity contribution is 6.66. The van der Waals surface area contributed by atoms with Gasteiger partial charge < -0.3 is 9.52 Å². The SMILES string of the molecule is O=C(NNC(=O)[C@H]1[C@@H](C(=O)O)[C@]2(Cl)C(Cl)=C(Cl)[C@]1(Cl)C2(Cl)Cl)c1ccco1. The number of rotatable bonds is 3. The van der Waals surface area contributed by atoms with Crippen LogP contribution in [-0.2, 0) is 9.59 Å². The Morgan fingerprint density at radius 2 is 1.56 bits per heavy atom. The summed E-state index contributed by atoms with van der Waals surface area (Å²) < 4.78 is 2.64. The number of carbonyl (C=O) groups is 3. The minimum Gasteiger partial charge on any atom is -0.481 e. The highest BCUT2D eigenvalue weighted by Gasteiger charge is 2.85. The van der Waals surface area contributed by atoms with Crippen molar-refractivity contribution in [1.29, 1.82) is 0 Å². The van der Waals surface area contributed by atoms with E-state index < -0.39 is 43.7 Å². The van der Waals surface area contributed by atoms with E-state index in [2.05, 4.69) is 10.9 Å². The van der Waals surface area contributed by atoms with E-state index in [0.29, 0.717) is 0 Å². The number of fused-ring (bicyclic) bond motifs is 2. The molecule has 0 aromatic carbocycles. The monoisotopic (exact) mass is 494 g/mol. The number of carbonyl (C=O) groups excluding carboxylic acids is 2. The van der Waals surface area contributed by atoms with Crippen LogP contribution >= 0.6 is 69.6 Å². The van der Waals surface area contributed by atoms with E-state index in [4.69, 9.17) is 74.0 Å². The fraction of sp³-hybridized carbons (Fsp3) is 0.357. The van der Waals surface area contributed by atoms with Crippen molar-refractivity contribution in [3.63, 3.8) is 0 Å². The first-order valence-electron chi connectivity index (χ1n) is 7.10. The zero-order valence-corrected chi connectivity index (χ0v) is 17.3. The molecule has 1 heterocycles. The van der Waals surface area contributed by atoms with Gasteiger partial charge in [0.15, 0.2) is 10.1 Å². The van der Waals surface area contributed by atoms with E-state index in [1.807, 2.05) is 0 Å². The van der Waals surface area contributed by atoms with Crippen LogP contribution in [0.4, 0.5) is 0 Å². The van der Waals surface area contributed by atoms with Crippen molar-refractivity contribution in [2.75, 3.05) is 0 Å². The van der Waals surface area contributed by atoms with E-state index in [-0.39, 0.29) is 15.8 Å². The van der Waals surface area contributed by atoms with Gasteiger partial charge in [0.2, 0.25) is 5.91 Å². The van der Waals surface area contributed by atoms with Crippen molar-refractivity contribution in [2.24, 2.45) is 11.8 Å². The lowest BCUT2D eigenvalue weighted by atomic mass is 9.81. The lowest BCUT2D eigenvalue weighted by Crippen LogP contribution is -2.53. The fourth-order valence-electron chi connectivity index (χ4n) is 3.29. The Morgan fingerprint density at radius 1 is 1.00 bits per heavy atom. The number of aliphatic carboxylic acids is 1. The van der Waals surface area contributed by atoms with Crippen molar-refractivity contribution >= 4 is 87.4 Å². The average Bonchev–Trinajstić information content (AvgIpc) is 3.20. The second kappa shape index (κ2) is 6.61. The zero-order valence-electron chi connectivity index (χ0n) is 12.7. The Hall–Kier alpha value is -0.830. The molecule has 1 aromatic rings. The largest absolute Gasteiger partial charge is 0.481 e. The smallest absolute Gasteiger partial charge is 0.309 e. The maximum absolute atomic E-state index is 12.7. The normalized spacial score (nSPS) is 33.9. The maximum Gasteiger partial charge on any atom is 0.309 e. The van der Waals surface area contributed by atoms with Crippen LogP contribution in [0.3, 0.4) is 0 Å². The standard InChI is InChI=1S/C14H8Cl6N2O5/c15-7-8(16)13(18)6(11(25)26)5(12(7,17)14(13,19)20)10(24)22-21-9(23)4-2-1-3-27-4/h1-3,5-6H,(H,21,23)(H,22,24)(H,25,26)/t5-,6+,12+,13+/m1/s1. The number of halogens is 6. The Labute approximate surface area is 181 Å². The minimum absolute atomic E-state index is 0.0996. The molecule has 0 spiro atoms. The van der Waals surface area contributed by atoms with Gasteiger partial charge in [-0.1, -0.05) is 46.4 Å². The topological polar surface area (TPSA) is 109 Å². The van der Waals surface area contributed by atoms with E-state index in [0.717, 1.165) is 0 Å². The summed E-state index contributed by atoms with van der Waals surface area (Å²) in [6.07, 6.45) is 1.25. The average molecular weight is 497 g/mol. The number of hydrogen-bond acceptors (Lipinski definition) is 4. The summed E-state index contributed by atoms with van der Waals surface area (Å²) in [5.74, 6) is -6.85. The molecule has 0 aliphatic heterocycles. The second-order valence-corrected chi connectivity index (χ2v) is 9.12. The third-order valence-electron chi connectivity index (χ3n) is 4.53. The Morgan fingerprint density at radius 3 is 2.04 bits per heavy atom. The number of amides is 2. The molecule has 0 radical (unpaired) electrons. The quantitative estimate of drug-likeness (QED) is 0.440. The third-order valence-corrected chi connectivity index (χ3v) is 8.79. The number of furan rings is 1. The molecular formula is C14H8Cl6N2O5. The van der Waals surface area contributed by atoms with Gasteiger partial charge in [0.05, 0.1) is 28.2 Å². The molecule has 146 valence electrons. The molecule has 0 saturated heterocycles. The number of allylic oxidation sites excluding steroid dienone is 2. The minimum atomic E-state index is -2.23. The van der Waals surface area contributed by atoms with Gasteiger partial charge in [-0.05, 0) is 12.1 Å². The molecule has 1 fully saturated rings. The van der Waals surface area contributed by atoms with Crippen LogP contribution in [0.5, 0.6) is 0 Å². The molecule has 2 amide bonds. The number of carboxylic acid groups (broad SMARTS) is 1. The van der Waals surface area contributed by atoms with Crippen LogP contribution in [0.2, 0.25) is 0 Å². The van der Waals surface area contributed by atoms with Crippen LogP contribution in [0, 0.1) is 11.8 Å². The van der Waals surface area contributed by atoms with Crippen molar-refractivity contribution in [1.82, 2.24) is 10.9 Å². The van der Waals surface area contributed by atoms with Gasteiger partial charge in [0.1, 0.15) is 9.75 Å². The second-order valence-electron chi connectivity index (χ2n) is 5.84. The van der Waals surface area contributed by atoms with Crippen LogP contribution in [0.25, 0.3) is 0 Å². The number of hydrogen-bond donors (Lipinski definition) is 3. The van der Waals surface area contributed by atoms with Crippen LogP contribution in [0.15, 0.2) is 32.9 Å². The lowest BCUT2D eigenvalue weighted by Gasteiger charge is -2.33. The van der Waals surface area contributed by atoms with E-state index in [1.165, 1.54) is 18.4 Å². The zero-order chi connectivity index (χ0) is 20.4. The van der Waals surface area contributed by atoms with Crippen LogP contribution < -0.4 is 10.9 Å². The Bertz CT molecular complexity index is 871. The van der Waals surface area contributed by atoms with Gasteiger partial charge in [-0.2, -0.15) is 0 Å². The molecular weight excluding hydrogens is 489 g/mol. The number of carboxylic acids is 1. The van der Waals surface area contributed by atoms with E-state index in [9.17, 15) is 19.5 Å². The van der Waals surface area contributed by atoms with Gasteiger partial charge in [-0.3, -0.25) is 25.2 Å². The number of nitrogens with one attached hydrogen (secondary N) is 2. The molecule has 3 N–H and O–H groups in total. The van der Waals surface area contributed by atoms with Gasteiger partial charge in [0, 0.05) is 0 Å². The lowest BCUT2D eigenvalue weighted by molar-refractivity contribution is -0.147. The van der Waals surface area contributed by atoms with Gasteiger partial charge in [0.25, 0.3) is 0 Å².